The summed E-state index contributed by atoms with van der Waals surface area (Å²) in [6.07, 6.45) is 30.7. The fraction of sp³-hybridized carbons (Fsp3) is 1.00. The SMILES string of the molecule is BrCCCCCCCCCCCCCCCCCCCCCOC1CCCCO1. The van der Waals surface area contributed by atoms with Crippen LogP contribution in [0, 0.1) is 0 Å². The Morgan fingerprint density at radius 3 is 1.34 bits per heavy atom. The Morgan fingerprint density at radius 1 is 0.552 bits per heavy atom. The maximum Gasteiger partial charge on any atom is 0.157 e. The maximum atomic E-state index is 5.80. The number of unbranched alkanes of at least 4 members (excludes halogenated alkanes) is 18. The molecule has 1 heterocycles. The number of ether oxygens (including phenoxy) is 2. The standard InChI is InChI=1S/C26H51BrO2/c27-23-19-16-14-12-10-8-6-4-2-1-3-5-7-9-11-13-15-17-20-24-28-26-22-18-21-25-29-26/h26H,1-25H2. The third-order valence-electron chi connectivity index (χ3n) is 6.22. The highest BCUT2D eigenvalue weighted by Gasteiger charge is 2.13. The van der Waals surface area contributed by atoms with Crippen LogP contribution in [0.5, 0.6) is 0 Å². The monoisotopic (exact) mass is 474 g/mol. The molecule has 0 radical (unpaired) electrons. The highest BCUT2D eigenvalue weighted by molar-refractivity contribution is 9.09. The Balaban J connectivity index is 1.63. The summed E-state index contributed by atoms with van der Waals surface area (Å²) in [6, 6.07) is 0. The van der Waals surface area contributed by atoms with E-state index in [1.807, 2.05) is 0 Å². The Morgan fingerprint density at radius 2 is 0.966 bits per heavy atom. The van der Waals surface area contributed by atoms with Crippen molar-refractivity contribution in [3.63, 3.8) is 0 Å². The lowest BCUT2D eigenvalue weighted by Crippen LogP contribution is -2.22. The zero-order valence-electron chi connectivity index (χ0n) is 19.4. The van der Waals surface area contributed by atoms with E-state index >= 15 is 0 Å². The molecule has 1 rings (SSSR count). The average molecular weight is 476 g/mol. The number of alkyl halides is 1. The van der Waals surface area contributed by atoms with Crippen molar-refractivity contribution >= 4 is 15.9 Å². The molecular formula is C26H51BrO2. The normalized spacial score (nSPS) is 17.1. The average Bonchev–Trinajstić information content (AvgIpc) is 2.75. The van der Waals surface area contributed by atoms with Crippen molar-refractivity contribution < 1.29 is 9.47 Å². The largest absolute Gasteiger partial charge is 0.353 e. The van der Waals surface area contributed by atoms with Gasteiger partial charge in [0, 0.05) is 18.5 Å². The van der Waals surface area contributed by atoms with Gasteiger partial charge in [0.2, 0.25) is 0 Å². The Kier molecular flexibility index (Phi) is 21.8. The van der Waals surface area contributed by atoms with Crippen LogP contribution in [0.1, 0.15) is 141 Å². The molecule has 1 aliphatic rings. The summed E-state index contributed by atoms with van der Waals surface area (Å²) in [5.41, 5.74) is 0. The van der Waals surface area contributed by atoms with Crippen molar-refractivity contribution in [2.75, 3.05) is 18.5 Å². The summed E-state index contributed by atoms with van der Waals surface area (Å²) in [5, 5.41) is 1.18. The van der Waals surface area contributed by atoms with Gasteiger partial charge in [-0.15, -0.1) is 0 Å². The molecule has 0 aromatic rings. The van der Waals surface area contributed by atoms with Gasteiger partial charge in [0.25, 0.3) is 0 Å². The van der Waals surface area contributed by atoms with E-state index in [9.17, 15) is 0 Å². The van der Waals surface area contributed by atoms with Crippen molar-refractivity contribution in [2.24, 2.45) is 0 Å². The number of hydrogen-bond acceptors (Lipinski definition) is 2. The molecule has 0 bridgehead atoms. The molecule has 0 aromatic heterocycles. The quantitative estimate of drug-likeness (QED) is 0.115. The molecule has 0 spiro atoms. The van der Waals surface area contributed by atoms with Gasteiger partial charge >= 0.3 is 0 Å². The zero-order chi connectivity index (χ0) is 20.7. The van der Waals surface area contributed by atoms with E-state index in [0.29, 0.717) is 0 Å². The summed E-state index contributed by atoms with van der Waals surface area (Å²) in [7, 11) is 0. The van der Waals surface area contributed by atoms with Crippen LogP contribution in [0.2, 0.25) is 0 Å². The molecule has 1 aliphatic heterocycles. The van der Waals surface area contributed by atoms with Crippen LogP contribution < -0.4 is 0 Å². The molecule has 0 aromatic carbocycles. The lowest BCUT2D eigenvalue weighted by molar-refractivity contribution is -0.162. The summed E-state index contributed by atoms with van der Waals surface area (Å²) >= 11 is 3.51. The molecule has 1 unspecified atom stereocenters. The highest BCUT2D eigenvalue weighted by atomic mass is 79.9. The molecule has 3 heteroatoms. The first-order chi connectivity index (χ1) is 14.4. The van der Waals surface area contributed by atoms with Crippen molar-refractivity contribution in [2.45, 2.75) is 148 Å². The second-order valence-corrected chi connectivity index (χ2v) is 9.87. The number of halogens is 1. The number of hydrogen-bond donors (Lipinski definition) is 0. The second-order valence-electron chi connectivity index (χ2n) is 9.07. The van der Waals surface area contributed by atoms with Gasteiger partial charge in [0.15, 0.2) is 6.29 Å². The third kappa shape index (κ3) is 20.1. The van der Waals surface area contributed by atoms with E-state index in [0.717, 1.165) is 19.6 Å². The lowest BCUT2D eigenvalue weighted by atomic mass is 10.0. The molecule has 0 amide bonds. The molecule has 2 nitrogen and oxygen atoms in total. The predicted molar refractivity (Wildman–Crippen MR) is 131 cm³/mol. The van der Waals surface area contributed by atoms with E-state index < -0.39 is 0 Å². The van der Waals surface area contributed by atoms with Crippen molar-refractivity contribution in [1.29, 1.82) is 0 Å². The Hall–Kier alpha value is 0.400. The summed E-state index contributed by atoms with van der Waals surface area (Å²) in [4.78, 5) is 0. The van der Waals surface area contributed by atoms with Crippen LogP contribution in [-0.2, 0) is 9.47 Å². The van der Waals surface area contributed by atoms with Gasteiger partial charge < -0.3 is 9.47 Å². The van der Waals surface area contributed by atoms with E-state index in [1.54, 1.807) is 0 Å². The fourth-order valence-electron chi connectivity index (χ4n) is 4.26. The van der Waals surface area contributed by atoms with E-state index in [-0.39, 0.29) is 6.29 Å². The zero-order valence-corrected chi connectivity index (χ0v) is 21.0. The minimum absolute atomic E-state index is 0.0997. The predicted octanol–water partition coefficient (Wildman–Crippen LogP) is 9.34. The van der Waals surface area contributed by atoms with Crippen LogP contribution in [-0.4, -0.2) is 24.8 Å². The van der Waals surface area contributed by atoms with Crippen LogP contribution in [0.3, 0.4) is 0 Å². The summed E-state index contributed by atoms with van der Waals surface area (Å²) < 4.78 is 11.4. The van der Waals surface area contributed by atoms with Crippen LogP contribution in [0.25, 0.3) is 0 Å². The molecule has 0 saturated carbocycles. The van der Waals surface area contributed by atoms with Crippen LogP contribution in [0.4, 0.5) is 0 Å². The van der Waals surface area contributed by atoms with Crippen molar-refractivity contribution in [3.8, 4) is 0 Å². The fourth-order valence-corrected chi connectivity index (χ4v) is 4.66. The number of rotatable bonds is 22. The molecule has 1 saturated heterocycles. The first kappa shape index (κ1) is 27.4. The summed E-state index contributed by atoms with van der Waals surface area (Å²) in [5.74, 6) is 0. The topological polar surface area (TPSA) is 18.5 Å². The molecular weight excluding hydrogens is 424 g/mol. The van der Waals surface area contributed by atoms with E-state index in [4.69, 9.17) is 9.47 Å². The lowest BCUT2D eigenvalue weighted by Gasteiger charge is -2.22. The Labute approximate surface area is 191 Å². The molecule has 0 N–H and O–H groups in total. The van der Waals surface area contributed by atoms with Crippen LogP contribution in [0.15, 0.2) is 0 Å². The molecule has 29 heavy (non-hydrogen) atoms. The Bertz CT molecular complexity index is 305. The van der Waals surface area contributed by atoms with Crippen molar-refractivity contribution in [3.05, 3.63) is 0 Å². The van der Waals surface area contributed by atoms with E-state index in [2.05, 4.69) is 15.9 Å². The smallest absolute Gasteiger partial charge is 0.157 e. The van der Waals surface area contributed by atoms with Gasteiger partial charge in [0.05, 0.1) is 0 Å². The first-order valence-corrected chi connectivity index (χ1v) is 14.3. The maximum absolute atomic E-state index is 5.80. The van der Waals surface area contributed by atoms with Gasteiger partial charge in [-0.3, -0.25) is 0 Å². The van der Waals surface area contributed by atoms with Gasteiger partial charge in [-0.2, -0.15) is 0 Å². The van der Waals surface area contributed by atoms with Gasteiger partial charge in [-0.05, 0) is 32.1 Å². The highest BCUT2D eigenvalue weighted by Crippen LogP contribution is 2.16. The second kappa shape index (κ2) is 23.1. The molecule has 0 aliphatic carbocycles. The van der Waals surface area contributed by atoms with Crippen molar-refractivity contribution in [1.82, 2.24) is 0 Å². The molecule has 174 valence electrons. The van der Waals surface area contributed by atoms with E-state index in [1.165, 1.54) is 140 Å². The van der Waals surface area contributed by atoms with Crippen LogP contribution >= 0.6 is 15.9 Å². The third-order valence-corrected chi connectivity index (χ3v) is 6.78. The van der Waals surface area contributed by atoms with Gasteiger partial charge in [-0.25, -0.2) is 0 Å². The molecule has 1 atom stereocenters. The van der Waals surface area contributed by atoms with Gasteiger partial charge in [0.1, 0.15) is 0 Å². The van der Waals surface area contributed by atoms with Gasteiger partial charge in [-0.1, -0.05) is 125 Å². The minimum Gasteiger partial charge on any atom is -0.353 e. The minimum atomic E-state index is 0.0997. The first-order valence-electron chi connectivity index (χ1n) is 13.2. The molecule has 1 fully saturated rings. The summed E-state index contributed by atoms with van der Waals surface area (Å²) in [6.45, 7) is 1.78.